The second-order valence-corrected chi connectivity index (χ2v) is 12.3. The van der Waals surface area contributed by atoms with E-state index in [-0.39, 0.29) is 45.6 Å². The number of carbonyl (C=O) groups excluding carboxylic acids is 2. The van der Waals surface area contributed by atoms with Crippen molar-refractivity contribution in [2.24, 2.45) is 0 Å². The highest BCUT2D eigenvalue weighted by Gasteiger charge is 2.20. The van der Waals surface area contributed by atoms with E-state index in [2.05, 4.69) is 9.97 Å². The predicted molar refractivity (Wildman–Crippen MR) is 181 cm³/mol. The number of benzene rings is 2. The van der Waals surface area contributed by atoms with Crippen LogP contribution in [0.15, 0.2) is 73.1 Å². The first kappa shape index (κ1) is 39.1. The molecule has 260 valence electrons. The van der Waals surface area contributed by atoms with E-state index < -0.39 is 33.0 Å². The number of hydrogen-bond donors (Lipinski definition) is 3. The topological polar surface area (TPSA) is 246 Å². The van der Waals surface area contributed by atoms with Crippen molar-refractivity contribution in [1.29, 1.82) is 0 Å². The van der Waals surface area contributed by atoms with Gasteiger partial charge in [-0.1, -0.05) is 11.6 Å². The third-order valence-corrected chi connectivity index (χ3v) is 5.55. The molecule has 4 rings (SSSR count). The Labute approximate surface area is 285 Å². The lowest BCUT2D eigenvalue weighted by Gasteiger charge is -2.19. The van der Waals surface area contributed by atoms with Gasteiger partial charge in [-0.3, -0.25) is 20.2 Å². The van der Waals surface area contributed by atoms with Gasteiger partial charge in [0.25, 0.3) is 11.4 Å². The summed E-state index contributed by atoms with van der Waals surface area (Å²) in [5.74, 6) is -0.690. The zero-order valence-electron chi connectivity index (χ0n) is 27.4. The number of esters is 2. The number of nitro groups is 2. The molecule has 0 saturated carbocycles. The number of aromatic nitrogens is 2. The molecule has 17 heteroatoms. The fourth-order valence-electron chi connectivity index (χ4n) is 3.33. The maximum absolute atomic E-state index is 12.0. The molecule has 16 nitrogen and oxygen atoms in total. The number of nitrogens with two attached hydrogens (primary N) is 2. The summed E-state index contributed by atoms with van der Waals surface area (Å²) in [7, 11) is 0. The quantitative estimate of drug-likeness (QED) is 0.0610. The average Bonchev–Trinajstić information content (AvgIpc) is 2.98. The first-order valence-corrected chi connectivity index (χ1v) is 14.5. The zero-order chi connectivity index (χ0) is 37.1. The Balaban J connectivity index is 0.000000282. The molecule has 0 amide bonds. The highest BCUT2D eigenvalue weighted by Crippen LogP contribution is 2.30. The maximum atomic E-state index is 12.0. The number of ether oxygens (including phenoxy) is 3. The van der Waals surface area contributed by atoms with Gasteiger partial charge in [0.1, 0.15) is 45.5 Å². The third kappa shape index (κ3) is 13.7. The summed E-state index contributed by atoms with van der Waals surface area (Å²) in [5, 5.41) is 30.4. The van der Waals surface area contributed by atoms with Crippen molar-refractivity contribution in [2.45, 2.75) is 52.7 Å². The van der Waals surface area contributed by atoms with Gasteiger partial charge in [0.15, 0.2) is 5.69 Å². The van der Waals surface area contributed by atoms with Gasteiger partial charge in [-0.15, -0.1) is 0 Å². The van der Waals surface area contributed by atoms with Crippen molar-refractivity contribution in [3.63, 3.8) is 0 Å². The van der Waals surface area contributed by atoms with E-state index in [1.54, 1.807) is 47.6 Å². The number of hydrogen-bond acceptors (Lipinski definition) is 14. The van der Waals surface area contributed by atoms with Crippen LogP contribution >= 0.6 is 11.6 Å². The molecule has 0 unspecified atom stereocenters. The van der Waals surface area contributed by atoms with E-state index in [0.29, 0.717) is 10.8 Å². The van der Waals surface area contributed by atoms with Crippen molar-refractivity contribution in [3.05, 3.63) is 110 Å². The molecular formula is C32H35ClN6O10. The molecule has 0 aliphatic rings. The fourth-order valence-corrected chi connectivity index (χ4v) is 3.49. The molecule has 49 heavy (non-hydrogen) atoms. The standard InChI is InChI=1S/C16H17N3O5.C10H12ClNO2.C6H6N2O3/c1-16(2,3)24-15(20)13-8-11(6-7-18-13)23-10-4-5-12(17)14(9-10)19(21)22;1-10(2,3)14-9(13)8-6-7(11)4-5-12-8;7-5-2-1-4(9)3-6(5)8(10)11/h4-9H,17H2,1-3H3;4-6H,1-3H3;1-3,9H,7H2. The molecule has 0 radical (unpaired) electrons. The fraction of sp³-hybridized carbons (Fsp3) is 0.250. The number of aromatic hydroxyl groups is 1. The summed E-state index contributed by atoms with van der Waals surface area (Å²) in [5.41, 5.74) is 9.48. The number of halogens is 1. The minimum absolute atomic E-state index is 0.0384. The van der Waals surface area contributed by atoms with Gasteiger partial charge in [-0.25, -0.2) is 19.6 Å². The van der Waals surface area contributed by atoms with Crippen molar-refractivity contribution in [3.8, 4) is 17.2 Å². The number of carbonyl (C=O) groups is 2. The SMILES string of the molecule is CC(C)(C)OC(=O)c1cc(Cl)ccn1.CC(C)(C)OC(=O)c1cc(Oc2ccc(N)c([N+](=O)[O-])c2)ccn1.Nc1ccc(O)cc1[N+](=O)[O-]. The van der Waals surface area contributed by atoms with E-state index >= 15 is 0 Å². The number of phenols is 1. The molecule has 2 aromatic carbocycles. The van der Waals surface area contributed by atoms with E-state index in [0.717, 1.165) is 6.07 Å². The molecular weight excluding hydrogens is 664 g/mol. The minimum Gasteiger partial charge on any atom is -0.508 e. The van der Waals surface area contributed by atoms with Crippen LogP contribution in [-0.2, 0) is 9.47 Å². The van der Waals surface area contributed by atoms with Gasteiger partial charge >= 0.3 is 11.9 Å². The van der Waals surface area contributed by atoms with E-state index in [1.165, 1.54) is 60.9 Å². The highest BCUT2D eigenvalue weighted by molar-refractivity contribution is 6.30. The van der Waals surface area contributed by atoms with Gasteiger partial charge in [0.2, 0.25) is 0 Å². The summed E-state index contributed by atoms with van der Waals surface area (Å²) in [6.45, 7) is 10.6. The molecule has 2 aromatic heterocycles. The molecule has 0 aliphatic heterocycles. The second-order valence-electron chi connectivity index (χ2n) is 11.8. The molecule has 4 aromatic rings. The lowest BCUT2D eigenvalue weighted by Crippen LogP contribution is -2.24. The van der Waals surface area contributed by atoms with Crippen molar-refractivity contribution in [2.75, 3.05) is 11.5 Å². The predicted octanol–water partition coefficient (Wildman–Crippen LogP) is 6.89. The Morgan fingerprint density at radius 1 is 0.714 bits per heavy atom. The van der Waals surface area contributed by atoms with E-state index in [1.807, 2.05) is 0 Å². The van der Waals surface area contributed by atoms with Crippen LogP contribution in [0.1, 0.15) is 62.5 Å². The van der Waals surface area contributed by atoms with Crippen LogP contribution < -0.4 is 16.2 Å². The summed E-state index contributed by atoms with van der Waals surface area (Å²) < 4.78 is 15.9. The third-order valence-electron chi connectivity index (χ3n) is 5.31. The Bertz CT molecular complexity index is 1820. The Kier molecular flexibility index (Phi) is 13.3. The maximum Gasteiger partial charge on any atom is 0.357 e. The summed E-state index contributed by atoms with van der Waals surface area (Å²) in [6.07, 6.45) is 2.86. The Hall–Kier alpha value is -6.03. The number of nitrogen functional groups attached to an aromatic ring is 2. The molecule has 0 spiro atoms. The van der Waals surface area contributed by atoms with Crippen LogP contribution in [0.2, 0.25) is 5.02 Å². The second kappa shape index (κ2) is 16.7. The average molecular weight is 699 g/mol. The highest BCUT2D eigenvalue weighted by atomic mass is 35.5. The number of nitro benzene ring substituents is 2. The normalized spacial score (nSPS) is 10.7. The van der Waals surface area contributed by atoms with Gasteiger partial charge in [-0.05, 0) is 84.0 Å². The zero-order valence-corrected chi connectivity index (χ0v) is 28.1. The number of nitrogens with zero attached hydrogens (tertiary/aromatic N) is 4. The molecule has 2 heterocycles. The van der Waals surface area contributed by atoms with Crippen LogP contribution in [0, 0.1) is 20.2 Å². The largest absolute Gasteiger partial charge is 0.508 e. The van der Waals surface area contributed by atoms with Crippen LogP contribution in [0.5, 0.6) is 17.2 Å². The summed E-state index contributed by atoms with van der Waals surface area (Å²) >= 11 is 5.71. The molecule has 5 N–H and O–H groups in total. The first-order valence-electron chi connectivity index (χ1n) is 14.1. The smallest absolute Gasteiger partial charge is 0.357 e. The molecule has 0 bridgehead atoms. The Morgan fingerprint density at radius 3 is 1.63 bits per heavy atom. The summed E-state index contributed by atoms with van der Waals surface area (Å²) in [6, 6.07) is 13.7. The number of pyridine rings is 2. The number of anilines is 2. The first-order chi connectivity index (χ1) is 22.6. The van der Waals surface area contributed by atoms with Gasteiger partial charge in [0.05, 0.1) is 22.0 Å². The molecule has 0 aliphatic carbocycles. The van der Waals surface area contributed by atoms with Gasteiger partial charge in [-0.2, -0.15) is 0 Å². The van der Waals surface area contributed by atoms with E-state index in [9.17, 15) is 29.8 Å². The van der Waals surface area contributed by atoms with Crippen molar-refractivity contribution < 1.29 is 38.8 Å². The van der Waals surface area contributed by atoms with Gasteiger partial charge < -0.3 is 30.8 Å². The van der Waals surface area contributed by atoms with Crippen molar-refractivity contribution in [1.82, 2.24) is 9.97 Å². The Morgan fingerprint density at radius 2 is 1.16 bits per heavy atom. The van der Waals surface area contributed by atoms with Crippen LogP contribution in [-0.4, -0.2) is 48.1 Å². The minimum atomic E-state index is -0.646. The van der Waals surface area contributed by atoms with Crippen LogP contribution in [0.25, 0.3) is 0 Å². The molecule has 0 fully saturated rings. The van der Waals surface area contributed by atoms with Crippen molar-refractivity contribution >= 4 is 46.3 Å². The van der Waals surface area contributed by atoms with Gasteiger partial charge in [0, 0.05) is 23.5 Å². The molecule has 0 atom stereocenters. The summed E-state index contributed by atoms with van der Waals surface area (Å²) in [4.78, 5) is 51.1. The van der Waals surface area contributed by atoms with Crippen LogP contribution in [0.3, 0.4) is 0 Å². The molecule has 0 saturated heterocycles. The number of rotatable bonds is 6. The monoisotopic (exact) mass is 698 g/mol. The lowest BCUT2D eigenvalue weighted by atomic mass is 10.2. The van der Waals surface area contributed by atoms with E-state index in [4.69, 9.17) is 42.4 Å². The number of phenolic OH excluding ortho intramolecular Hbond substituents is 1. The lowest BCUT2D eigenvalue weighted by molar-refractivity contribution is -0.384. The van der Waals surface area contributed by atoms with Crippen LogP contribution in [0.4, 0.5) is 22.7 Å².